The van der Waals surface area contributed by atoms with Gasteiger partial charge in [0.15, 0.2) is 6.61 Å². The molecule has 1 aromatic heterocycles. The van der Waals surface area contributed by atoms with Gasteiger partial charge in [-0.3, -0.25) is 14.4 Å². The number of para-hydroxylation sites is 1. The van der Waals surface area contributed by atoms with E-state index in [1.807, 2.05) is 24.3 Å². The highest BCUT2D eigenvalue weighted by Gasteiger charge is 2.15. The third kappa shape index (κ3) is 5.86. The lowest BCUT2D eigenvalue weighted by Crippen LogP contribution is -2.31. The first-order chi connectivity index (χ1) is 13.9. The van der Waals surface area contributed by atoms with Crippen LogP contribution in [0.25, 0.3) is 10.2 Å². The average Bonchev–Trinajstić information content (AvgIpc) is 3.09. The van der Waals surface area contributed by atoms with E-state index >= 15 is 0 Å². The third-order valence-corrected chi connectivity index (χ3v) is 5.14. The number of rotatable bonds is 7. The van der Waals surface area contributed by atoms with Crippen LogP contribution in [-0.2, 0) is 32.1 Å². The molecule has 3 aromatic rings. The van der Waals surface area contributed by atoms with E-state index in [0.717, 1.165) is 20.8 Å². The minimum atomic E-state index is -0.487. The number of likely N-dealkylation sites (N-methyl/N-ethyl adjacent to an activating group) is 1. The fourth-order valence-electron chi connectivity index (χ4n) is 2.66. The molecule has 0 bridgehead atoms. The van der Waals surface area contributed by atoms with Gasteiger partial charge in [-0.2, -0.15) is 0 Å². The summed E-state index contributed by atoms with van der Waals surface area (Å²) in [6.07, 6.45) is 0.0508. The van der Waals surface area contributed by atoms with Gasteiger partial charge in [-0.05, 0) is 29.8 Å². The molecular formula is C21H21N3O4S. The zero-order chi connectivity index (χ0) is 20.8. The fraction of sp³-hybridized carbons (Fsp3) is 0.238. The van der Waals surface area contributed by atoms with E-state index in [9.17, 15) is 14.4 Å². The summed E-state index contributed by atoms with van der Waals surface area (Å²) < 4.78 is 6.17. The van der Waals surface area contributed by atoms with Gasteiger partial charge in [-0.1, -0.05) is 24.3 Å². The molecule has 0 spiro atoms. The van der Waals surface area contributed by atoms with Crippen LogP contribution in [0.3, 0.4) is 0 Å². The second-order valence-corrected chi connectivity index (χ2v) is 7.66. The van der Waals surface area contributed by atoms with Crippen molar-refractivity contribution in [2.75, 3.05) is 19.0 Å². The molecule has 0 fully saturated rings. The van der Waals surface area contributed by atoms with E-state index in [0.29, 0.717) is 12.2 Å². The molecule has 0 atom stereocenters. The summed E-state index contributed by atoms with van der Waals surface area (Å²) >= 11 is 1.53. The van der Waals surface area contributed by atoms with E-state index in [1.54, 1.807) is 31.3 Å². The number of aromatic nitrogens is 1. The molecule has 0 saturated carbocycles. The Bertz CT molecular complexity index is 997. The van der Waals surface area contributed by atoms with Crippen molar-refractivity contribution in [2.45, 2.75) is 19.9 Å². The maximum Gasteiger partial charge on any atom is 0.310 e. The van der Waals surface area contributed by atoms with Crippen LogP contribution in [0.1, 0.15) is 17.5 Å². The number of benzene rings is 2. The Labute approximate surface area is 172 Å². The van der Waals surface area contributed by atoms with E-state index in [1.165, 1.54) is 23.2 Å². The van der Waals surface area contributed by atoms with Crippen molar-refractivity contribution in [1.29, 1.82) is 0 Å². The maximum absolute atomic E-state index is 12.3. The second kappa shape index (κ2) is 9.29. The first-order valence-corrected chi connectivity index (χ1v) is 9.83. The quantitative estimate of drug-likeness (QED) is 0.604. The number of hydrogen-bond donors (Lipinski definition) is 1. The number of hydrogen-bond acceptors (Lipinski definition) is 6. The minimum absolute atomic E-state index is 0.0508. The molecule has 0 aliphatic carbocycles. The Morgan fingerprint density at radius 1 is 1.10 bits per heavy atom. The Balaban J connectivity index is 1.46. The SMILES string of the molecule is CC(=O)Nc1ccc(CC(=O)OCC(=O)N(C)Cc2nc3ccccc3s2)cc1. The Morgan fingerprint density at radius 2 is 1.83 bits per heavy atom. The van der Waals surface area contributed by atoms with Crippen LogP contribution in [0.4, 0.5) is 5.69 Å². The summed E-state index contributed by atoms with van der Waals surface area (Å²) in [5.74, 6) is -0.941. The molecule has 0 aliphatic heterocycles. The summed E-state index contributed by atoms with van der Waals surface area (Å²) in [7, 11) is 1.66. The van der Waals surface area contributed by atoms with Gasteiger partial charge in [-0.25, -0.2) is 4.98 Å². The van der Waals surface area contributed by atoms with Crippen molar-refractivity contribution in [3.63, 3.8) is 0 Å². The average molecular weight is 411 g/mol. The molecule has 1 N–H and O–H groups in total. The highest BCUT2D eigenvalue weighted by Crippen LogP contribution is 2.22. The predicted octanol–water partition coefficient (Wildman–Crippen LogP) is 3.00. The molecule has 2 aromatic carbocycles. The minimum Gasteiger partial charge on any atom is -0.455 e. The maximum atomic E-state index is 12.3. The number of ether oxygens (including phenoxy) is 1. The van der Waals surface area contributed by atoms with Crippen LogP contribution < -0.4 is 5.32 Å². The normalized spacial score (nSPS) is 10.6. The summed E-state index contributed by atoms with van der Waals surface area (Å²) in [5, 5.41) is 3.48. The van der Waals surface area contributed by atoms with Crippen molar-refractivity contribution >= 4 is 45.0 Å². The molecular weight excluding hydrogens is 390 g/mol. The summed E-state index contributed by atoms with van der Waals surface area (Å²) in [4.78, 5) is 41.3. The van der Waals surface area contributed by atoms with Crippen LogP contribution in [0.2, 0.25) is 0 Å². The van der Waals surface area contributed by atoms with Crippen LogP contribution in [0, 0.1) is 0 Å². The number of thiazole rings is 1. The summed E-state index contributed by atoms with van der Waals surface area (Å²) in [5.41, 5.74) is 2.30. The van der Waals surface area contributed by atoms with Gasteiger partial charge >= 0.3 is 5.97 Å². The number of esters is 1. The Kier molecular flexibility index (Phi) is 6.56. The van der Waals surface area contributed by atoms with E-state index in [-0.39, 0.29) is 24.8 Å². The van der Waals surface area contributed by atoms with Crippen molar-refractivity contribution in [3.8, 4) is 0 Å². The molecule has 150 valence electrons. The lowest BCUT2D eigenvalue weighted by atomic mass is 10.1. The van der Waals surface area contributed by atoms with Crippen LogP contribution in [-0.4, -0.2) is 41.3 Å². The molecule has 2 amide bonds. The van der Waals surface area contributed by atoms with Gasteiger partial charge in [0.25, 0.3) is 5.91 Å². The van der Waals surface area contributed by atoms with Crippen LogP contribution in [0.5, 0.6) is 0 Å². The summed E-state index contributed by atoms with van der Waals surface area (Å²) in [6, 6.07) is 14.7. The van der Waals surface area contributed by atoms with Crippen molar-refractivity contribution in [3.05, 3.63) is 59.1 Å². The standard InChI is InChI=1S/C21H21N3O4S/c1-14(25)22-16-9-7-15(8-10-16)11-21(27)28-13-20(26)24(2)12-19-23-17-5-3-4-6-18(17)29-19/h3-10H,11-13H2,1-2H3,(H,22,25). The molecule has 29 heavy (non-hydrogen) atoms. The molecule has 1 heterocycles. The van der Waals surface area contributed by atoms with Crippen molar-refractivity contribution in [2.24, 2.45) is 0 Å². The fourth-order valence-corrected chi connectivity index (χ4v) is 3.68. The van der Waals surface area contributed by atoms with Crippen LogP contribution in [0.15, 0.2) is 48.5 Å². The lowest BCUT2D eigenvalue weighted by Gasteiger charge is -2.15. The number of nitrogens with one attached hydrogen (secondary N) is 1. The molecule has 0 radical (unpaired) electrons. The van der Waals surface area contributed by atoms with E-state index in [2.05, 4.69) is 10.3 Å². The first kappa shape index (κ1) is 20.5. The second-order valence-electron chi connectivity index (χ2n) is 6.54. The topological polar surface area (TPSA) is 88.6 Å². The van der Waals surface area contributed by atoms with Crippen LogP contribution >= 0.6 is 11.3 Å². The number of carbonyl (C=O) groups is 3. The van der Waals surface area contributed by atoms with E-state index in [4.69, 9.17) is 4.74 Å². The first-order valence-electron chi connectivity index (χ1n) is 9.01. The Morgan fingerprint density at radius 3 is 2.52 bits per heavy atom. The molecule has 0 aliphatic rings. The number of carbonyl (C=O) groups excluding carboxylic acids is 3. The molecule has 0 saturated heterocycles. The van der Waals surface area contributed by atoms with Gasteiger partial charge in [-0.15, -0.1) is 11.3 Å². The van der Waals surface area contributed by atoms with Gasteiger partial charge in [0.1, 0.15) is 5.01 Å². The number of fused-ring (bicyclic) bond motifs is 1. The van der Waals surface area contributed by atoms with Gasteiger partial charge in [0.05, 0.1) is 23.2 Å². The van der Waals surface area contributed by atoms with Crippen molar-refractivity contribution in [1.82, 2.24) is 9.88 Å². The lowest BCUT2D eigenvalue weighted by molar-refractivity contribution is -0.151. The molecule has 7 nitrogen and oxygen atoms in total. The monoisotopic (exact) mass is 411 g/mol. The largest absolute Gasteiger partial charge is 0.455 e. The predicted molar refractivity (Wildman–Crippen MR) is 112 cm³/mol. The zero-order valence-electron chi connectivity index (χ0n) is 16.2. The van der Waals surface area contributed by atoms with Gasteiger partial charge in [0, 0.05) is 19.7 Å². The molecule has 3 rings (SSSR count). The zero-order valence-corrected chi connectivity index (χ0v) is 17.0. The highest BCUT2D eigenvalue weighted by molar-refractivity contribution is 7.18. The third-order valence-electron chi connectivity index (χ3n) is 4.12. The number of amides is 2. The smallest absolute Gasteiger partial charge is 0.310 e. The highest BCUT2D eigenvalue weighted by atomic mass is 32.1. The van der Waals surface area contributed by atoms with Gasteiger partial charge in [0.2, 0.25) is 5.91 Å². The Hall–Kier alpha value is -3.26. The molecule has 0 unspecified atom stereocenters. The summed E-state index contributed by atoms with van der Waals surface area (Å²) in [6.45, 7) is 1.47. The van der Waals surface area contributed by atoms with Gasteiger partial charge < -0.3 is 15.0 Å². The molecule has 8 heteroatoms. The van der Waals surface area contributed by atoms with E-state index < -0.39 is 5.97 Å². The number of nitrogens with zero attached hydrogens (tertiary/aromatic N) is 2. The van der Waals surface area contributed by atoms with Crippen molar-refractivity contribution < 1.29 is 19.1 Å². The number of anilines is 1.